The van der Waals surface area contributed by atoms with Gasteiger partial charge in [0.15, 0.2) is 0 Å². The van der Waals surface area contributed by atoms with Crippen LogP contribution in [0, 0.1) is 0 Å². The Bertz CT molecular complexity index is 929. The molecule has 2 aromatic carbocycles. The van der Waals surface area contributed by atoms with E-state index in [4.69, 9.17) is 0 Å². The van der Waals surface area contributed by atoms with E-state index in [9.17, 15) is 21.6 Å². The molecule has 0 spiro atoms. The average molecular weight is 357 g/mol. The van der Waals surface area contributed by atoms with Gasteiger partial charge in [-0.1, -0.05) is 30.3 Å². The summed E-state index contributed by atoms with van der Waals surface area (Å²) in [4.78, 5) is 4.06. The van der Waals surface area contributed by atoms with Gasteiger partial charge in [-0.2, -0.15) is 13.2 Å². The Labute approximate surface area is 134 Å². The van der Waals surface area contributed by atoms with Gasteiger partial charge in [0.05, 0.1) is 21.5 Å². The molecule has 0 aliphatic carbocycles. The first-order chi connectivity index (χ1) is 10.8. The van der Waals surface area contributed by atoms with Crippen molar-refractivity contribution >= 4 is 31.4 Å². The quantitative estimate of drug-likeness (QED) is 0.703. The van der Waals surface area contributed by atoms with Crippen molar-refractivity contribution in [3.8, 4) is 0 Å². The van der Waals surface area contributed by atoms with Crippen molar-refractivity contribution in [1.82, 2.24) is 4.98 Å². The smallest absolute Gasteiger partial charge is 0.225 e. The summed E-state index contributed by atoms with van der Waals surface area (Å²) in [7, 11) is -3.80. The molecular weight excluding hydrogens is 347 g/mol. The van der Waals surface area contributed by atoms with Crippen LogP contribution in [-0.2, 0) is 21.8 Å². The molecule has 0 saturated heterocycles. The van der Waals surface area contributed by atoms with Gasteiger partial charge in [0.25, 0.3) is 0 Å². The summed E-state index contributed by atoms with van der Waals surface area (Å²) >= 11 is 1.01. The van der Waals surface area contributed by atoms with E-state index in [2.05, 4.69) is 4.98 Å². The Balaban J connectivity index is 1.95. The van der Waals surface area contributed by atoms with Gasteiger partial charge in [0.1, 0.15) is 0 Å². The maximum Gasteiger partial charge on any atom is 0.416 e. The first kappa shape index (κ1) is 15.9. The van der Waals surface area contributed by atoms with E-state index in [1.165, 1.54) is 12.1 Å². The highest BCUT2D eigenvalue weighted by Crippen LogP contribution is 2.31. The fourth-order valence-electron chi connectivity index (χ4n) is 2.10. The van der Waals surface area contributed by atoms with Gasteiger partial charge in [0, 0.05) is 0 Å². The van der Waals surface area contributed by atoms with Crippen molar-refractivity contribution < 1.29 is 21.6 Å². The molecule has 0 aliphatic heterocycles. The normalized spacial score (nSPS) is 12.7. The highest BCUT2D eigenvalue weighted by molar-refractivity contribution is 7.92. The van der Waals surface area contributed by atoms with Gasteiger partial charge in [-0.3, -0.25) is 0 Å². The lowest BCUT2D eigenvalue weighted by Crippen LogP contribution is -2.08. The van der Waals surface area contributed by atoms with E-state index in [1.54, 1.807) is 24.3 Å². The molecule has 120 valence electrons. The number of thiazole rings is 1. The number of sulfone groups is 1. The van der Waals surface area contributed by atoms with Crippen LogP contribution in [0.25, 0.3) is 10.2 Å². The fraction of sp³-hybridized carbons (Fsp3) is 0.133. The number of aromatic nitrogens is 1. The van der Waals surface area contributed by atoms with E-state index < -0.39 is 27.3 Å². The molecular formula is C15H10F3NO2S2. The first-order valence-corrected chi connectivity index (χ1v) is 8.97. The molecule has 8 heteroatoms. The minimum Gasteiger partial charge on any atom is -0.225 e. The minimum atomic E-state index is -4.50. The molecule has 3 aromatic rings. The maximum atomic E-state index is 12.7. The van der Waals surface area contributed by atoms with Crippen LogP contribution in [-0.4, -0.2) is 13.4 Å². The lowest BCUT2D eigenvalue weighted by Gasteiger charge is -2.08. The molecule has 0 aliphatic rings. The maximum absolute atomic E-state index is 12.7. The zero-order valence-corrected chi connectivity index (χ0v) is 13.2. The molecule has 0 unspecified atom stereocenters. The van der Waals surface area contributed by atoms with Gasteiger partial charge in [-0.05, 0) is 23.8 Å². The molecule has 0 radical (unpaired) electrons. The first-order valence-electron chi connectivity index (χ1n) is 6.50. The van der Waals surface area contributed by atoms with Gasteiger partial charge in [0.2, 0.25) is 14.2 Å². The number of nitrogens with zero attached hydrogens (tertiary/aromatic N) is 1. The number of alkyl halides is 3. The molecule has 3 nitrogen and oxygen atoms in total. The zero-order chi connectivity index (χ0) is 16.7. The Morgan fingerprint density at radius 3 is 2.48 bits per heavy atom. The van der Waals surface area contributed by atoms with Crippen molar-refractivity contribution in [3.63, 3.8) is 0 Å². The summed E-state index contributed by atoms with van der Waals surface area (Å²) in [6.07, 6.45) is -4.50. The van der Waals surface area contributed by atoms with Crippen LogP contribution in [0.5, 0.6) is 0 Å². The zero-order valence-electron chi connectivity index (χ0n) is 11.5. The van der Waals surface area contributed by atoms with Gasteiger partial charge in [-0.15, -0.1) is 11.3 Å². The summed E-state index contributed by atoms with van der Waals surface area (Å²) < 4.78 is 63.5. The summed E-state index contributed by atoms with van der Waals surface area (Å²) in [6.45, 7) is 0. The van der Waals surface area contributed by atoms with Crippen LogP contribution in [0.1, 0.15) is 11.1 Å². The van der Waals surface area contributed by atoms with Crippen molar-refractivity contribution in [2.75, 3.05) is 0 Å². The predicted molar refractivity (Wildman–Crippen MR) is 82.0 cm³/mol. The van der Waals surface area contributed by atoms with Gasteiger partial charge >= 0.3 is 6.18 Å². The van der Waals surface area contributed by atoms with Gasteiger partial charge in [-0.25, -0.2) is 13.4 Å². The van der Waals surface area contributed by atoms with Crippen LogP contribution in [0.15, 0.2) is 52.9 Å². The third-order valence-electron chi connectivity index (χ3n) is 3.15. The van der Waals surface area contributed by atoms with Gasteiger partial charge < -0.3 is 0 Å². The number of halogens is 3. The minimum absolute atomic E-state index is 0.0825. The predicted octanol–water partition coefficient (Wildman–Crippen LogP) is 4.29. The van der Waals surface area contributed by atoms with Crippen LogP contribution in [0.3, 0.4) is 0 Å². The Hall–Kier alpha value is -1.93. The largest absolute Gasteiger partial charge is 0.416 e. The van der Waals surface area contributed by atoms with Crippen LogP contribution in [0.2, 0.25) is 0 Å². The molecule has 3 rings (SSSR count). The number of fused-ring (bicyclic) bond motifs is 1. The lowest BCUT2D eigenvalue weighted by molar-refractivity contribution is -0.137. The number of hydrogen-bond acceptors (Lipinski definition) is 4. The molecule has 1 aromatic heterocycles. The molecule has 0 bridgehead atoms. The van der Waals surface area contributed by atoms with Crippen LogP contribution < -0.4 is 0 Å². The lowest BCUT2D eigenvalue weighted by atomic mass is 10.1. The van der Waals surface area contributed by atoms with E-state index in [0.29, 0.717) is 5.52 Å². The molecule has 0 N–H and O–H groups in total. The second-order valence-electron chi connectivity index (χ2n) is 4.90. The fourth-order valence-corrected chi connectivity index (χ4v) is 4.73. The molecule has 0 atom stereocenters. The molecule has 0 saturated carbocycles. The standard InChI is InChI=1S/C15H10F3NO2S2/c16-15(17,18)11-5-3-4-10(8-11)9-23(20,21)14-19-12-6-1-2-7-13(12)22-14/h1-8H,9H2. The topological polar surface area (TPSA) is 47.0 Å². The highest BCUT2D eigenvalue weighted by Gasteiger charge is 2.31. The summed E-state index contributed by atoms with van der Waals surface area (Å²) in [5, 5.41) is 0. The SMILES string of the molecule is O=S(=O)(Cc1cccc(C(F)(F)F)c1)c1nc2ccccc2s1. The number of hydrogen-bond donors (Lipinski definition) is 0. The number of benzene rings is 2. The third kappa shape index (κ3) is 3.37. The Morgan fingerprint density at radius 2 is 1.78 bits per heavy atom. The highest BCUT2D eigenvalue weighted by atomic mass is 32.2. The summed E-state index contributed by atoms with van der Waals surface area (Å²) in [6, 6.07) is 11.3. The second kappa shape index (κ2) is 5.61. The summed E-state index contributed by atoms with van der Waals surface area (Å²) in [5.41, 5.74) is -0.228. The molecule has 0 fully saturated rings. The summed E-state index contributed by atoms with van der Waals surface area (Å²) in [5.74, 6) is -0.517. The van der Waals surface area contributed by atoms with Crippen LogP contribution >= 0.6 is 11.3 Å². The van der Waals surface area contributed by atoms with Crippen molar-refractivity contribution in [1.29, 1.82) is 0 Å². The molecule has 23 heavy (non-hydrogen) atoms. The van der Waals surface area contributed by atoms with Crippen molar-refractivity contribution in [2.24, 2.45) is 0 Å². The van der Waals surface area contributed by atoms with E-state index >= 15 is 0 Å². The second-order valence-corrected chi connectivity index (χ2v) is 8.10. The molecule has 1 heterocycles. The van der Waals surface area contributed by atoms with E-state index in [-0.39, 0.29) is 9.90 Å². The van der Waals surface area contributed by atoms with Crippen LogP contribution in [0.4, 0.5) is 13.2 Å². The molecule has 0 amide bonds. The monoisotopic (exact) mass is 357 g/mol. The average Bonchev–Trinajstić information content (AvgIpc) is 2.91. The van der Waals surface area contributed by atoms with E-state index in [1.807, 2.05) is 0 Å². The third-order valence-corrected chi connectivity index (χ3v) is 6.33. The van der Waals surface area contributed by atoms with E-state index in [0.717, 1.165) is 28.2 Å². The van der Waals surface area contributed by atoms with Crippen molar-refractivity contribution in [3.05, 3.63) is 59.7 Å². The Kier molecular flexibility index (Phi) is 3.89. The number of para-hydroxylation sites is 1. The Morgan fingerprint density at radius 1 is 1.04 bits per heavy atom. The number of rotatable bonds is 3. The van der Waals surface area contributed by atoms with Crippen molar-refractivity contribution in [2.45, 2.75) is 16.3 Å².